The van der Waals surface area contributed by atoms with Crippen LogP contribution in [0.25, 0.3) is 10.9 Å². The monoisotopic (exact) mass is 363 g/mol. The van der Waals surface area contributed by atoms with Gasteiger partial charge in [-0.05, 0) is 42.7 Å². The number of carbonyl (C=O) groups excluding carboxylic acids is 1. The molecule has 1 amide bonds. The van der Waals surface area contributed by atoms with Crippen molar-refractivity contribution in [3.8, 4) is 0 Å². The normalized spacial score (nSPS) is 15.2. The van der Waals surface area contributed by atoms with Gasteiger partial charge < -0.3 is 15.0 Å². The summed E-state index contributed by atoms with van der Waals surface area (Å²) in [4.78, 5) is 18.4. The van der Waals surface area contributed by atoms with Gasteiger partial charge in [0.1, 0.15) is 5.69 Å². The average Bonchev–Trinajstić information content (AvgIpc) is 3.11. The second kappa shape index (κ2) is 7.55. The van der Waals surface area contributed by atoms with Crippen molar-refractivity contribution in [1.82, 2.24) is 9.88 Å². The molecule has 1 fully saturated rings. The Balaban J connectivity index is 1.52. The smallest absolute Gasteiger partial charge is 0.272 e. The van der Waals surface area contributed by atoms with Gasteiger partial charge >= 0.3 is 0 Å². The number of para-hydroxylation sites is 1. The summed E-state index contributed by atoms with van der Waals surface area (Å²) in [6, 6.07) is 14.3. The number of aromatic amines is 1. The zero-order chi connectivity index (χ0) is 18.8. The SMILES string of the molecule is Cc1ccc(CN2CCOCC2)cc1NC(=O)c1cc2cccc(C)c2[nH]1. The molecular formula is C22H25N3O2. The quantitative estimate of drug-likeness (QED) is 0.740. The first-order valence-corrected chi connectivity index (χ1v) is 9.39. The number of hydrogen-bond donors (Lipinski definition) is 2. The molecule has 0 saturated carbocycles. The van der Waals surface area contributed by atoms with Crippen LogP contribution in [0.2, 0.25) is 0 Å². The van der Waals surface area contributed by atoms with E-state index in [1.54, 1.807) is 0 Å². The predicted octanol–water partition coefficient (Wildman–Crippen LogP) is 3.87. The Morgan fingerprint density at radius 2 is 1.93 bits per heavy atom. The number of aromatic nitrogens is 1. The minimum atomic E-state index is -0.114. The molecule has 27 heavy (non-hydrogen) atoms. The Labute approximate surface area is 159 Å². The molecule has 4 rings (SSSR count). The van der Waals surface area contributed by atoms with Crippen LogP contribution in [0.5, 0.6) is 0 Å². The summed E-state index contributed by atoms with van der Waals surface area (Å²) in [6.45, 7) is 8.40. The molecule has 5 nitrogen and oxygen atoms in total. The number of rotatable bonds is 4. The van der Waals surface area contributed by atoms with Crippen LogP contribution in [0.4, 0.5) is 5.69 Å². The van der Waals surface area contributed by atoms with E-state index in [-0.39, 0.29) is 5.91 Å². The Hall–Kier alpha value is -2.63. The summed E-state index contributed by atoms with van der Waals surface area (Å²) in [5.41, 5.74) is 5.85. The maximum absolute atomic E-state index is 12.8. The van der Waals surface area contributed by atoms with E-state index in [0.29, 0.717) is 5.69 Å². The van der Waals surface area contributed by atoms with E-state index in [2.05, 4.69) is 33.4 Å². The number of aryl methyl sites for hydroxylation is 2. The molecule has 1 aliphatic heterocycles. The highest BCUT2D eigenvalue weighted by atomic mass is 16.5. The number of fused-ring (bicyclic) bond motifs is 1. The lowest BCUT2D eigenvalue weighted by atomic mass is 10.1. The third-order valence-electron chi connectivity index (χ3n) is 5.17. The molecule has 0 bridgehead atoms. The average molecular weight is 363 g/mol. The molecule has 1 aliphatic rings. The lowest BCUT2D eigenvalue weighted by Crippen LogP contribution is -2.35. The number of carbonyl (C=O) groups is 1. The fourth-order valence-electron chi connectivity index (χ4n) is 3.54. The third kappa shape index (κ3) is 3.89. The first kappa shape index (κ1) is 17.8. The van der Waals surface area contributed by atoms with Crippen LogP contribution < -0.4 is 5.32 Å². The van der Waals surface area contributed by atoms with Crippen molar-refractivity contribution in [2.45, 2.75) is 20.4 Å². The Morgan fingerprint density at radius 1 is 1.11 bits per heavy atom. The van der Waals surface area contributed by atoms with Gasteiger partial charge in [-0.2, -0.15) is 0 Å². The van der Waals surface area contributed by atoms with Crippen molar-refractivity contribution in [3.63, 3.8) is 0 Å². The fraction of sp³-hybridized carbons (Fsp3) is 0.318. The zero-order valence-corrected chi connectivity index (χ0v) is 15.8. The molecule has 140 valence electrons. The molecule has 0 aliphatic carbocycles. The molecule has 2 N–H and O–H groups in total. The van der Waals surface area contributed by atoms with Gasteiger partial charge in [0.15, 0.2) is 0 Å². The topological polar surface area (TPSA) is 57.4 Å². The highest BCUT2D eigenvalue weighted by Gasteiger charge is 2.14. The van der Waals surface area contributed by atoms with E-state index in [4.69, 9.17) is 4.74 Å². The van der Waals surface area contributed by atoms with Crippen molar-refractivity contribution >= 4 is 22.5 Å². The number of H-pyrrole nitrogens is 1. The van der Waals surface area contributed by atoms with Crippen LogP contribution in [-0.2, 0) is 11.3 Å². The number of ether oxygens (including phenoxy) is 1. The number of amides is 1. The van der Waals surface area contributed by atoms with E-state index in [0.717, 1.165) is 60.6 Å². The first-order valence-electron chi connectivity index (χ1n) is 9.39. The van der Waals surface area contributed by atoms with Gasteiger partial charge in [-0.1, -0.05) is 30.3 Å². The summed E-state index contributed by atoms with van der Waals surface area (Å²) >= 11 is 0. The minimum Gasteiger partial charge on any atom is -0.379 e. The fourth-order valence-corrected chi connectivity index (χ4v) is 3.54. The van der Waals surface area contributed by atoms with Crippen LogP contribution in [0, 0.1) is 13.8 Å². The highest BCUT2D eigenvalue weighted by Crippen LogP contribution is 2.22. The van der Waals surface area contributed by atoms with Crippen LogP contribution in [-0.4, -0.2) is 42.1 Å². The number of anilines is 1. The van der Waals surface area contributed by atoms with Crippen molar-refractivity contribution in [2.75, 3.05) is 31.6 Å². The number of benzene rings is 2. The number of hydrogen-bond acceptors (Lipinski definition) is 3. The Kier molecular flexibility index (Phi) is 4.97. The molecule has 0 radical (unpaired) electrons. The molecule has 0 spiro atoms. The third-order valence-corrected chi connectivity index (χ3v) is 5.17. The number of morpholine rings is 1. The summed E-state index contributed by atoms with van der Waals surface area (Å²) in [5, 5.41) is 4.12. The highest BCUT2D eigenvalue weighted by molar-refractivity contribution is 6.06. The minimum absolute atomic E-state index is 0.114. The molecule has 0 unspecified atom stereocenters. The van der Waals surface area contributed by atoms with Gasteiger partial charge in [0.2, 0.25) is 0 Å². The van der Waals surface area contributed by atoms with E-state index in [9.17, 15) is 4.79 Å². The van der Waals surface area contributed by atoms with Crippen LogP contribution in [0.3, 0.4) is 0 Å². The van der Waals surface area contributed by atoms with Gasteiger partial charge in [0, 0.05) is 36.2 Å². The molecule has 1 saturated heterocycles. The van der Waals surface area contributed by atoms with Gasteiger partial charge in [-0.15, -0.1) is 0 Å². The number of nitrogens with zero attached hydrogens (tertiary/aromatic N) is 1. The van der Waals surface area contributed by atoms with E-state index < -0.39 is 0 Å². The standard InChI is InChI=1S/C22H25N3O2/c1-15-6-7-17(14-25-8-10-27-11-9-25)12-19(15)24-22(26)20-13-18-5-3-4-16(2)21(18)23-20/h3-7,12-13,23H,8-11,14H2,1-2H3,(H,24,26). The summed E-state index contributed by atoms with van der Waals surface area (Å²) in [7, 11) is 0. The zero-order valence-electron chi connectivity index (χ0n) is 15.8. The van der Waals surface area contributed by atoms with Crippen molar-refractivity contribution in [2.24, 2.45) is 0 Å². The van der Waals surface area contributed by atoms with Gasteiger partial charge in [0.25, 0.3) is 5.91 Å². The molecule has 0 atom stereocenters. The van der Waals surface area contributed by atoms with E-state index >= 15 is 0 Å². The maximum atomic E-state index is 12.8. The summed E-state index contributed by atoms with van der Waals surface area (Å²) < 4.78 is 5.41. The number of nitrogens with one attached hydrogen (secondary N) is 2. The van der Waals surface area contributed by atoms with Crippen LogP contribution in [0.15, 0.2) is 42.5 Å². The van der Waals surface area contributed by atoms with Gasteiger partial charge in [0.05, 0.1) is 13.2 Å². The Bertz CT molecular complexity index is 971. The van der Waals surface area contributed by atoms with E-state index in [1.165, 1.54) is 5.56 Å². The van der Waals surface area contributed by atoms with Crippen molar-refractivity contribution < 1.29 is 9.53 Å². The van der Waals surface area contributed by atoms with Crippen molar-refractivity contribution in [1.29, 1.82) is 0 Å². The molecule has 5 heteroatoms. The Morgan fingerprint density at radius 3 is 2.70 bits per heavy atom. The molecule has 1 aromatic heterocycles. The largest absolute Gasteiger partial charge is 0.379 e. The molecule has 3 aromatic rings. The van der Waals surface area contributed by atoms with E-state index in [1.807, 2.05) is 38.1 Å². The summed E-state index contributed by atoms with van der Waals surface area (Å²) in [6.07, 6.45) is 0. The van der Waals surface area contributed by atoms with Crippen LogP contribution in [0.1, 0.15) is 27.2 Å². The molecule has 2 aromatic carbocycles. The van der Waals surface area contributed by atoms with Gasteiger partial charge in [-0.3, -0.25) is 9.69 Å². The predicted molar refractivity (Wildman–Crippen MR) is 108 cm³/mol. The van der Waals surface area contributed by atoms with Crippen molar-refractivity contribution in [3.05, 3.63) is 64.8 Å². The second-order valence-corrected chi connectivity index (χ2v) is 7.21. The lowest BCUT2D eigenvalue weighted by molar-refractivity contribution is 0.0342. The molecular weight excluding hydrogens is 338 g/mol. The van der Waals surface area contributed by atoms with Gasteiger partial charge in [-0.25, -0.2) is 0 Å². The molecule has 2 heterocycles. The lowest BCUT2D eigenvalue weighted by Gasteiger charge is -2.26. The first-order chi connectivity index (χ1) is 13.1. The van der Waals surface area contributed by atoms with Crippen LogP contribution >= 0.6 is 0 Å². The maximum Gasteiger partial charge on any atom is 0.272 e. The summed E-state index contributed by atoms with van der Waals surface area (Å²) in [5.74, 6) is -0.114. The second-order valence-electron chi connectivity index (χ2n) is 7.21.